The molecule has 0 aliphatic carbocycles. The van der Waals surface area contributed by atoms with Gasteiger partial charge in [0.2, 0.25) is 5.88 Å². The third-order valence-corrected chi connectivity index (χ3v) is 3.38. The summed E-state index contributed by atoms with van der Waals surface area (Å²) in [6.45, 7) is -0.135. The molecule has 0 amide bonds. The Hall–Kier alpha value is -1.83. The van der Waals surface area contributed by atoms with Crippen LogP contribution in [0, 0.1) is 0 Å². The van der Waals surface area contributed by atoms with Crippen LogP contribution in [0.3, 0.4) is 0 Å². The zero-order valence-corrected chi connectivity index (χ0v) is 12.6. The minimum atomic E-state index is -1.54. The molecule has 5 nitrogen and oxygen atoms in total. The van der Waals surface area contributed by atoms with Crippen LogP contribution in [0.2, 0.25) is 0 Å². The number of nitrogens with zero attached hydrogens (tertiary/aromatic N) is 1. The molecule has 0 bridgehead atoms. The van der Waals surface area contributed by atoms with Crippen LogP contribution in [0.15, 0.2) is 54.7 Å². The first-order valence-corrected chi connectivity index (χ1v) is 6.88. The molecule has 0 radical (unpaired) electrons. The number of para-hydroxylation sites is 1. The summed E-state index contributed by atoms with van der Waals surface area (Å²) in [4.78, 5) is 15.4. The van der Waals surface area contributed by atoms with Crippen LogP contribution in [-0.4, -0.2) is 26.3 Å². The second kappa shape index (κ2) is 6.56. The Bertz CT molecular complexity index is 564. The number of ether oxygens (including phenoxy) is 2. The highest BCUT2D eigenvalue weighted by molar-refractivity contribution is 14.1. The van der Waals surface area contributed by atoms with Crippen LogP contribution in [0.5, 0.6) is 11.6 Å². The van der Waals surface area contributed by atoms with Crippen LogP contribution in [-0.2, 0) is 4.79 Å². The van der Waals surface area contributed by atoms with Gasteiger partial charge in [-0.1, -0.05) is 24.3 Å². The average Bonchev–Trinajstić information content (AvgIpc) is 2.47. The number of hydrogen-bond donors (Lipinski definition) is 1. The van der Waals surface area contributed by atoms with Gasteiger partial charge in [-0.3, -0.25) is 0 Å². The quantitative estimate of drug-likeness (QED) is 0.612. The van der Waals surface area contributed by atoms with E-state index in [-0.39, 0.29) is 12.5 Å². The van der Waals surface area contributed by atoms with Crippen molar-refractivity contribution in [1.29, 1.82) is 0 Å². The lowest BCUT2D eigenvalue weighted by atomic mass is 10.3. The smallest absolute Gasteiger partial charge is 0.362 e. The van der Waals surface area contributed by atoms with Gasteiger partial charge in [0.25, 0.3) is 3.61 Å². The number of pyridine rings is 1. The molecule has 2 rings (SSSR count). The third-order valence-electron chi connectivity index (χ3n) is 2.39. The van der Waals surface area contributed by atoms with E-state index in [9.17, 15) is 9.90 Å². The summed E-state index contributed by atoms with van der Waals surface area (Å²) in [5.74, 6) is -0.306. The number of rotatable bonds is 6. The highest BCUT2D eigenvalue weighted by Crippen LogP contribution is 2.25. The van der Waals surface area contributed by atoms with Gasteiger partial charge in [0.15, 0.2) is 0 Å². The molecule has 0 spiro atoms. The highest BCUT2D eigenvalue weighted by atomic mass is 127. The van der Waals surface area contributed by atoms with E-state index in [1.807, 2.05) is 18.2 Å². The Labute approximate surface area is 129 Å². The molecule has 104 valence electrons. The maximum absolute atomic E-state index is 11.4. The van der Waals surface area contributed by atoms with Crippen LogP contribution in [0.1, 0.15) is 0 Å². The van der Waals surface area contributed by atoms with E-state index in [1.165, 1.54) is 6.20 Å². The summed E-state index contributed by atoms with van der Waals surface area (Å²) < 4.78 is 9.36. The van der Waals surface area contributed by atoms with Crippen molar-refractivity contribution in [1.82, 2.24) is 4.98 Å². The summed E-state index contributed by atoms with van der Waals surface area (Å²) in [6, 6.07) is 14.0. The number of alkyl halides is 1. The lowest BCUT2D eigenvalue weighted by Gasteiger charge is -2.23. The van der Waals surface area contributed by atoms with E-state index in [4.69, 9.17) is 9.47 Å². The van der Waals surface area contributed by atoms with Crippen molar-refractivity contribution < 1.29 is 19.4 Å². The number of aliphatic carboxylic acids is 1. The fourth-order valence-electron chi connectivity index (χ4n) is 1.40. The summed E-state index contributed by atoms with van der Waals surface area (Å²) in [5, 5.41) is 9.33. The van der Waals surface area contributed by atoms with Gasteiger partial charge < -0.3 is 14.6 Å². The molecule has 1 unspecified atom stereocenters. The summed E-state index contributed by atoms with van der Waals surface area (Å²) in [7, 11) is 0. The molecule has 1 N–H and O–H groups in total. The molecule has 1 heterocycles. The van der Waals surface area contributed by atoms with Crippen molar-refractivity contribution in [3.63, 3.8) is 0 Å². The number of carboxylic acids is 1. The minimum Gasteiger partial charge on any atom is -0.488 e. The largest absolute Gasteiger partial charge is 0.488 e. The number of hydrogen-bond acceptors (Lipinski definition) is 4. The molecule has 1 atom stereocenters. The second-order valence-electron chi connectivity index (χ2n) is 3.91. The molecule has 1 aromatic heterocycles. The zero-order chi connectivity index (χ0) is 14.4. The predicted molar refractivity (Wildman–Crippen MR) is 81.2 cm³/mol. The molecule has 20 heavy (non-hydrogen) atoms. The molecule has 0 fully saturated rings. The number of carboxylic acid groups (broad SMARTS) is 1. The second-order valence-corrected chi connectivity index (χ2v) is 5.65. The number of halogens is 1. The summed E-state index contributed by atoms with van der Waals surface area (Å²) in [5.41, 5.74) is 0. The van der Waals surface area contributed by atoms with Crippen molar-refractivity contribution >= 4 is 28.6 Å². The zero-order valence-electron chi connectivity index (χ0n) is 10.4. The van der Waals surface area contributed by atoms with Gasteiger partial charge >= 0.3 is 5.97 Å². The van der Waals surface area contributed by atoms with E-state index < -0.39 is 9.58 Å². The Morgan fingerprint density at radius 1 is 1.20 bits per heavy atom. The Morgan fingerprint density at radius 3 is 2.50 bits per heavy atom. The molecule has 0 saturated carbocycles. The normalized spacial score (nSPS) is 13.2. The Kier molecular flexibility index (Phi) is 4.78. The molecule has 1 aromatic carbocycles. The average molecular weight is 385 g/mol. The highest BCUT2D eigenvalue weighted by Gasteiger charge is 2.40. The molecular weight excluding hydrogens is 373 g/mol. The standard InChI is InChI=1S/C14H12INO4/c15-14(13(17)18,20-12-8-4-5-9-16-12)10-19-11-6-2-1-3-7-11/h1-9H,10H2,(H,17,18). The van der Waals surface area contributed by atoms with Crippen molar-refractivity contribution in [2.45, 2.75) is 3.61 Å². The SMILES string of the molecule is O=C(O)C(I)(COc1ccccc1)Oc1ccccn1. The van der Waals surface area contributed by atoms with Crippen LogP contribution < -0.4 is 9.47 Å². The first-order valence-electron chi connectivity index (χ1n) is 5.80. The van der Waals surface area contributed by atoms with E-state index >= 15 is 0 Å². The molecule has 0 saturated heterocycles. The third kappa shape index (κ3) is 3.83. The number of carbonyl (C=O) groups is 1. The monoisotopic (exact) mass is 385 g/mol. The summed E-state index contributed by atoms with van der Waals surface area (Å²) >= 11 is 1.71. The van der Waals surface area contributed by atoms with Gasteiger partial charge in [-0.15, -0.1) is 0 Å². The van der Waals surface area contributed by atoms with Crippen LogP contribution in [0.25, 0.3) is 0 Å². The van der Waals surface area contributed by atoms with Crippen molar-refractivity contribution in [3.05, 3.63) is 54.7 Å². The molecule has 2 aromatic rings. The van der Waals surface area contributed by atoms with Gasteiger partial charge in [-0.05, 0) is 40.8 Å². The van der Waals surface area contributed by atoms with E-state index in [0.29, 0.717) is 5.75 Å². The van der Waals surface area contributed by atoms with Gasteiger partial charge in [0.1, 0.15) is 12.4 Å². The minimum absolute atomic E-state index is 0.135. The van der Waals surface area contributed by atoms with E-state index in [1.54, 1.807) is 52.9 Å². The Balaban J connectivity index is 2.08. The van der Waals surface area contributed by atoms with E-state index in [2.05, 4.69) is 4.98 Å². The van der Waals surface area contributed by atoms with Crippen LogP contribution in [0.4, 0.5) is 0 Å². The first kappa shape index (κ1) is 14.6. The predicted octanol–water partition coefficient (Wildman–Crippen LogP) is 2.76. The maximum atomic E-state index is 11.4. The fraction of sp³-hybridized carbons (Fsp3) is 0.143. The van der Waals surface area contributed by atoms with E-state index in [0.717, 1.165) is 0 Å². The molecule has 0 aliphatic rings. The molecule has 0 aliphatic heterocycles. The lowest BCUT2D eigenvalue weighted by Crippen LogP contribution is -2.44. The summed E-state index contributed by atoms with van der Waals surface area (Å²) in [6.07, 6.45) is 1.53. The maximum Gasteiger partial charge on any atom is 0.362 e. The van der Waals surface area contributed by atoms with Crippen molar-refractivity contribution in [3.8, 4) is 11.6 Å². The number of aromatic nitrogens is 1. The molecule has 6 heteroatoms. The van der Waals surface area contributed by atoms with Crippen molar-refractivity contribution in [2.24, 2.45) is 0 Å². The van der Waals surface area contributed by atoms with Gasteiger partial charge in [-0.2, -0.15) is 0 Å². The van der Waals surface area contributed by atoms with Crippen molar-refractivity contribution in [2.75, 3.05) is 6.61 Å². The molecular formula is C14H12INO4. The van der Waals surface area contributed by atoms with Crippen LogP contribution >= 0.6 is 22.6 Å². The van der Waals surface area contributed by atoms with Gasteiger partial charge in [-0.25, -0.2) is 9.78 Å². The fourth-order valence-corrected chi connectivity index (χ4v) is 1.78. The first-order chi connectivity index (χ1) is 9.60. The lowest BCUT2D eigenvalue weighted by molar-refractivity contribution is -0.148. The topological polar surface area (TPSA) is 68.7 Å². The van der Waals surface area contributed by atoms with Gasteiger partial charge in [0.05, 0.1) is 0 Å². The van der Waals surface area contributed by atoms with Gasteiger partial charge in [0, 0.05) is 12.3 Å². The Morgan fingerprint density at radius 2 is 1.90 bits per heavy atom. The number of benzene rings is 1.